The van der Waals surface area contributed by atoms with Gasteiger partial charge in [-0.15, -0.1) is 20.5 Å². The summed E-state index contributed by atoms with van der Waals surface area (Å²) in [4.78, 5) is 40.6. The number of nitrogens with zero attached hydrogens (tertiary/aromatic N) is 3. The third kappa shape index (κ3) is 7.93. The average Bonchev–Trinajstić information content (AvgIpc) is 2.81. The zero-order chi connectivity index (χ0) is 33.8. The molecule has 0 aliphatic carbocycles. The Bertz CT molecular complexity index is 991. The van der Waals surface area contributed by atoms with Gasteiger partial charge >= 0.3 is 17.9 Å². The van der Waals surface area contributed by atoms with E-state index in [0.717, 1.165) is 10.1 Å². The fourth-order valence-corrected chi connectivity index (χ4v) is 7.93. The van der Waals surface area contributed by atoms with Crippen molar-refractivity contribution in [2.45, 2.75) is 180 Å². The van der Waals surface area contributed by atoms with Gasteiger partial charge in [-0.05, 0) is 83.1 Å². The number of carbonyl (C=O) groups excluding carboxylic acids is 3. The smallest absolute Gasteiger partial charge is 0.321 e. The summed E-state index contributed by atoms with van der Waals surface area (Å²) in [7, 11) is 0. The topological polar surface area (TPSA) is 149 Å². The van der Waals surface area contributed by atoms with Crippen molar-refractivity contribution in [3.05, 3.63) is 0 Å². The van der Waals surface area contributed by atoms with Gasteiger partial charge in [0.1, 0.15) is 18.3 Å². The molecule has 0 saturated carbocycles. The normalized spacial score (nSPS) is 27.5. The van der Waals surface area contributed by atoms with E-state index >= 15 is 0 Å². The lowest BCUT2D eigenvalue weighted by Crippen LogP contribution is -2.61. The number of hydrogen-bond donors (Lipinski definition) is 1. The summed E-state index contributed by atoms with van der Waals surface area (Å²) in [6.45, 7) is 21.6. The first-order valence-electron chi connectivity index (χ1n) is 15.7. The molecule has 3 heterocycles. The van der Waals surface area contributed by atoms with Crippen LogP contribution in [-0.2, 0) is 39.0 Å². The molecule has 252 valence electrons. The summed E-state index contributed by atoms with van der Waals surface area (Å²) in [5.74, 6) is -4.16. The molecule has 3 saturated heterocycles. The minimum absolute atomic E-state index is 0.256. The molecule has 3 fully saturated rings. The first-order chi connectivity index (χ1) is 19.7. The van der Waals surface area contributed by atoms with Gasteiger partial charge in [0.2, 0.25) is 0 Å². The Balaban J connectivity index is 1.81. The van der Waals surface area contributed by atoms with Gasteiger partial charge in [-0.1, -0.05) is 0 Å². The monoisotopic (exact) mass is 625 g/mol. The Morgan fingerprint density at radius 3 is 1.16 bits per heavy atom. The van der Waals surface area contributed by atoms with Crippen LogP contribution in [0.3, 0.4) is 0 Å². The number of rotatable bonds is 7. The first kappa shape index (κ1) is 36.6. The predicted octanol–water partition coefficient (Wildman–Crippen LogP) is 4.77. The molecule has 3 rings (SSSR count). The molecular formula is C32H55N3O9. The summed E-state index contributed by atoms with van der Waals surface area (Å²) in [5.41, 5.74) is -4.59. The third-order valence-corrected chi connectivity index (χ3v) is 9.51. The number of hydroxylamine groups is 6. The zero-order valence-electron chi connectivity index (χ0n) is 28.8. The molecular weight excluding hydrogens is 570 g/mol. The van der Waals surface area contributed by atoms with Gasteiger partial charge in [0.25, 0.3) is 0 Å². The number of piperidine rings is 3. The molecule has 2 radical (unpaired) electrons. The Kier molecular flexibility index (Phi) is 10.1. The summed E-state index contributed by atoms with van der Waals surface area (Å²) in [5, 5.41) is 39.6. The van der Waals surface area contributed by atoms with Crippen molar-refractivity contribution in [1.82, 2.24) is 15.2 Å². The molecule has 0 aromatic carbocycles. The van der Waals surface area contributed by atoms with E-state index in [9.17, 15) is 30.0 Å². The molecule has 0 unspecified atom stereocenters. The van der Waals surface area contributed by atoms with Crippen LogP contribution in [0.2, 0.25) is 0 Å². The SMILES string of the molecule is CC1(C)CC(OC(=O)C(CC(=O)OC2CC(C)(C)N(O)C(C)(C)C2)C(=O)OC2CC(C)(C)N([O])C(C)(C)C2)CC(C)(C)N1[O]. The van der Waals surface area contributed by atoms with Gasteiger partial charge in [0.05, 0.1) is 6.42 Å². The fourth-order valence-electron chi connectivity index (χ4n) is 7.93. The standard InChI is InChI=1S/C32H55N3O9/c1-27(2)14-20(15-28(3,4)33(27)39)42-24(36)13-23(25(37)43-21-16-29(5,6)34(40)30(7,8)17-21)26(38)44-22-18-31(9,10)35(41)32(11,12)19-22/h20-23,39H,13-19H2,1-12H3. The molecule has 0 amide bonds. The number of hydrogen-bond acceptors (Lipinski definition) is 10. The maximum atomic E-state index is 13.7. The van der Waals surface area contributed by atoms with Crippen LogP contribution in [0.25, 0.3) is 0 Å². The number of ether oxygens (including phenoxy) is 3. The first-order valence-corrected chi connectivity index (χ1v) is 15.7. The molecule has 0 aromatic heterocycles. The highest BCUT2D eigenvalue weighted by Crippen LogP contribution is 2.41. The largest absolute Gasteiger partial charge is 0.462 e. The van der Waals surface area contributed by atoms with Gasteiger partial charge in [0, 0.05) is 71.8 Å². The molecule has 0 bridgehead atoms. The highest BCUT2D eigenvalue weighted by atomic mass is 16.6. The molecule has 0 spiro atoms. The molecule has 12 nitrogen and oxygen atoms in total. The van der Waals surface area contributed by atoms with Gasteiger partial charge < -0.3 is 19.4 Å². The van der Waals surface area contributed by atoms with Gasteiger partial charge in [0.15, 0.2) is 5.92 Å². The third-order valence-electron chi connectivity index (χ3n) is 9.51. The second-order valence-corrected chi connectivity index (χ2v) is 17.0. The van der Waals surface area contributed by atoms with Crippen molar-refractivity contribution in [3.8, 4) is 0 Å². The van der Waals surface area contributed by atoms with Crippen molar-refractivity contribution >= 4 is 17.9 Å². The van der Waals surface area contributed by atoms with Gasteiger partial charge in [-0.2, -0.15) is 5.06 Å². The quantitative estimate of drug-likeness (QED) is 0.238. The molecule has 3 aliphatic rings. The Morgan fingerprint density at radius 2 is 0.841 bits per heavy atom. The van der Waals surface area contributed by atoms with Crippen molar-refractivity contribution in [3.63, 3.8) is 0 Å². The molecule has 12 heteroatoms. The highest BCUT2D eigenvalue weighted by Gasteiger charge is 2.51. The van der Waals surface area contributed by atoms with E-state index in [2.05, 4.69) is 0 Å². The van der Waals surface area contributed by atoms with Gasteiger partial charge in [-0.3, -0.25) is 14.4 Å². The van der Waals surface area contributed by atoms with Crippen LogP contribution in [0.5, 0.6) is 0 Å². The van der Waals surface area contributed by atoms with Crippen LogP contribution in [0.4, 0.5) is 0 Å². The fraction of sp³-hybridized carbons (Fsp3) is 0.906. The number of carbonyl (C=O) groups is 3. The van der Waals surface area contributed by atoms with Gasteiger partial charge in [-0.25, -0.2) is 0 Å². The molecule has 3 aliphatic heterocycles. The van der Waals surface area contributed by atoms with Crippen LogP contribution in [-0.4, -0.2) is 89.9 Å². The van der Waals surface area contributed by atoms with E-state index in [-0.39, 0.29) is 25.7 Å². The van der Waals surface area contributed by atoms with Crippen molar-refractivity contribution in [1.29, 1.82) is 0 Å². The summed E-state index contributed by atoms with van der Waals surface area (Å²) in [6.07, 6.45) is -0.701. The zero-order valence-corrected chi connectivity index (χ0v) is 28.8. The average molecular weight is 626 g/mol. The van der Waals surface area contributed by atoms with Crippen LogP contribution in [0, 0.1) is 5.92 Å². The molecule has 0 aromatic rings. The second kappa shape index (κ2) is 12.1. The van der Waals surface area contributed by atoms with E-state index in [4.69, 9.17) is 14.2 Å². The lowest BCUT2D eigenvalue weighted by molar-refractivity contribution is -0.300. The lowest BCUT2D eigenvalue weighted by atomic mass is 9.80. The van der Waals surface area contributed by atoms with Crippen LogP contribution < -0.4 is 0 Å². The maximum absolute atomic E-state index is 13.7. The van der Waals surface area contributed by atoms with E-state index in [1.54, 1.807) is 55.4 Å². The lowest BCUT2D eigenvalue weighted by Gasteiger charge is -2.51. The maximum Gasteiger partial charge on any atom is 0.321 e. The van der Waals surface area contributed by atoms with E-state index in [1.165, 1.54) is 5.06 Å². The Morgan fingerprint density at radius 1 is 0.568 bits per heavy atom. The summed E-state index contributed by atoms with van der Waals surface area (Å²) in [6, 6.07) is 0. The molecule has 1 N–H and O–H groups in total. The minimum atomic E-state index is -1.59. The Labute approximate surface area is 262 Å². The highest BCUT2D eigenvalue weighted by molar-refractivity contribution is 5.98. The van der Waals surface area contributed by atoms with Crippen LogP contribution in [0.15, 0.2) is 0 Å². The second-order valence-electron chi connectivity index (χ2n) is 17.0. The summed E-state index contributed by atoms with van der Waals surface area (Å²) >= 11 is 0. The van der Waals surface area contributed by atoms with E-state index in [0.29, 0.717) is 12.8 Å². The van der Waals surface area contributed by atoms with Crippen LogP contribution >= 0.6 is 0 Å². The van der Waals surface area contributed by atoms with Crippen molar-refractivity contribution in [2.75, 3.05) is 0 Å². The van der Waals surface area contributed by atoms with E-state index < -0.39 is 81.8 Å². The molecule has 44 heavy (non-hydrogen) atoms. The number of esters is 3. The van der Waals surface area contributed by atoms with Crippen molar-refractivity contribution < 1.29 is 44.2 Å². The van der Waals surface area contributed by atoms with E-state index in [1.807, 2.05) is 27.7 Å². The van der Waals surface area contributed by atoms with Crippen LogP contribution in [0.1, 0.15) is 128 Å². The minimum Gasteiger partial charge on any atom is -0.462 e. The summed E-state index contributed by atoms with van der Waals surface area (Å²) < 4.78 is 17.5. The molecule has 0 atom stereocenters. The van der Waals surface area contributed by atoms with Crippen molar-refractivity contribution in [2.24, 2.45) is 5.92 Å². The predicted molar refractivity (Wildman–Crippen MR) is 159 cm³/mol. The Hall–Kier alpha value is -1.83.